The third kappa shape index (κ3) is 1.56. The van der Waals surface area contributed by atoms with E-state index in [1.165, 1.54) is 0 Å². The first kappa shape index (κ1) is 11.2. The maximum atomic E-state index is 11.7. The predicted molar refractivity (Wildman–Crippen MR) is 59.9 cm³/mol. The van der Waals surface area contributed by atoms with Crippen LogP contribution in [-0.4, -0.2) is 5.78 Å². The highest BCUT2D eigenvalue weighted by atomic mass is 16.1. The number of carbonyl (C=O) groups excluding carboxylic acids is 1. The average molecular weight is 192 g/mol. The summed E-state index contributed by atoms with van der Waals surface area (Å²) in [5.41, 5.74) is 0.108. The molecule has 1 rings (SSSR count). The van der Waals surface area contributed by atoms with E-state index in [2.05, 4.69) is 27.0 Å². The van der Waals surface area contributed by atoms with Gasteiger partial charge in [0.2, 0.25) is 0 Å². The Balaban J connectivity index is 3.05. The molecular weight excluding hydrogens is 172 g/mol. The molecule has 0 saturated heterocycles. The third-order valence-corrected chi connectivity index (χ3v) is 3.82. The highest BCUT2D eigenvalue weighted by Gasteiger charge is 2.44. The van der Waals surface area contributed by atoms with Crippen LogP contribution in [0.1, 0.15) is 27.2 Å². The van der Waals surface area contributed by atoms with Gasteiger partial charge in [0.25, 0.3) is 0 Å². The summed E-state index contributed by atoms with van der Waals surface area (Å²) in [6.07, 6.45) is 4.49. The van der Waals surface area contributed by atoms with Gasteiger partial charge in [-0.15, -0.1) is 13.2 Å². The van der Waals surface area contributed by atoms with E-state index in [4.69, 9.17) is 0 Å². The molecule has 0 aliphatic heterocycles. The van der Waals surface area contributed by atoms with E-state index < -0.39 is 0 Å². The third-order valence-electron chi connectivity index (χ3n) is 3.82. The van der Waals surface area contributed by atoms with Crippen LogP contribution in [0, 0.1) is 23.2 Å². The highest BCUT2D eigenvalue weighted by Crippen LogP contribution is 2.47. The molecule has 1 nitrogen and oxygen atoms in total. The highest BCUT2D eigenvalue weighted by molar-refractivity contribution is 5.82. The van der Waals surface area contributed by atoms with Crippen molar-refractivity contribution in [2.24, 2.45) is 23.2 Å². The molecule has 0 aromatic rings. The van der Waals surface area contributed by atoms with Crippen LogP contribution in [0.4, 0.5) is 0 Å². The summed E-state index contributed by atoms with van der Waals surface area (Å²) >= 11 is 0. The van der Waals surface area contributed by atoms with Crippen molar-refractivity contribution in [3.05, 3.63) is 25.3 Å². The first-order chi connectivity index (χ1) is 6.45. The Morgan fingerprint density at radius 3 is 2.36 bits per heavy atom. The summed E-state index contributed by atoms with van der Waals surface area (Å²) in [6.45, 7) is 14.1. The minimum absolute atomic E-state index is 0.108. The maximum absolute atomic E-state index is 11.7. The fourth-order valence-electron chi connectivity index (χ4n) is 2.65. The van der Waals surface area contributed by atoms with E-state index in [1.54, 1.807) is 0 Å². The molecular formula is C13H20O. The minimum atomic E-state index is 0.108. The Morgan fingerprint density at radius 2 is 1.93 bits per heavy atom. The molecule has 0 N–H and O–H groups in total. The van der Waals surface area contributed by atoms with Crippen molar-refractivity contribution in [3.63, 3.8) is 0 Å². The summed E-state index contributed by atoms with van der Waals surface area (Å²) in [4.78, 5) is 11.7. The quantitative estimate of drug-likeness (QED) is 0.614. The molecule has 0 radical (unpaired) electrons. The van der Waals surface area contributed by atoms with Crippen LogP contribution in [0.15, 0.2) is 25.3 Å². The smallest absolute Gasteiger partial charge is 0.136 e. The van der Waals surface area contributed by atoms with Gasteiger partial charge in [-0.3, -0.25) is 4.79 Å². The molecule has 14 heavy (non-hydrogen) atoms. The van der Waals surface area contributed by atoms with E-state index in [0.29, 0.717) is 12.2 Å². The second-order valence-corrected chi connectivity index (χ2v) is 4.88. The second-order valence-electron chi connectivity index (χ2n) is 4.88. The van der Waals surface area contributed by atoms with Gasteiger partial charge in [0.1, 0.15) is 5.78 Å². The Labute approximate surface area is 86.9 Å². The van der Waals surface area contributed by atoms with Crippen LogP contribution >= 0.6 is 0 Å². The van der Waals surface area contributed by atoms with Gasteiger partial charge in [0.15, 0.2) is 0 Å². The molecule has 78 valence electrons. The first-order valence-electron chi connectivity index (χ1n) is 5.23. The fraction of sp³-hybridized carbons (Fsp3) is 0.615. The van der Waals surface area contributed by atoms with Gasteiger partial charge in [-0.25, -0.2) is 0 Å². The molecule has 1 fully saturated rings. The topological polar surface area (TPSA) is 17.1 Å². The summed E-state index contributed by atoms with van der Waals surface area (Å²) in [5, 5.41) is 0. The van der Waals surface area contributed by atoms with Gasteiger partial charge in [0, 0.05) is 12.3 Å². The Bertz CT molecular complexity index is 262. The number of ketones is 1. The van der Waals surface area contributed by atoms with Gasteiger partial charge < -0.3 is 0 Å². The van der Waals surface area contributed by atoms with Crippen LogP contribution in [-0.2, 0) is 4.79 Å². The van der Waals surface area contributed by atoms with E-state index in [1.807, 2.05) is 19.1 Å². The molecule has 1 aliphatic carbocycles. The molecule has 3 atom stereocenters. The lowest BCUT2D eigenvalue weighted by Gasteiger charge is -2.45. The van der Waals surface area contributed by atoms with Crippen LogP contribution in [0.25, 0.3) is 0 Å². The summed E-state index contributed by atoms with van der Waals surface area (Å²) < 4.78 is 0. The maximum Gasteiger partial charge on any atom is 0.136 e. The second kappa shape index (κ2) is 3.72. The standard InChI is InChI=1S/C13H20O/c1-6-10-8-12(14)9(3)11(7-2)13(10,4)5/h6-7,9-11H,1-2,8H2,3-5H3/t9-,10+,11+/m1/s1. The summed E-state index contributed by atoms with van der Waals surface area (Å²) in [6, 6.07) is 0. The van der Waals surface area contributed by atoms with Crippen molar-refractivity contribution < 1.29 is 4.79 Å². The van der Waals surface area contributed by atoms with Crippen LogP contribution < -0.4 is 0 Å². The molecule has 0 aromatic heterocycles. The van der Waals surface area contributed by atoms with Crippen LogP contribution in [0.5, 0.6) is 0 Å². The first-order valence-corrected chi connectivity index (χ1v) is 5.23. The molecule has 0 amide bonds. The number of carbonyl (C=O) groups is 1. The Hall–Kier alpha value is -0.850. The molecule has 0 unspecified atom stereocenters. The number of Topliss-reactive ketones (excluding diaryl/α,β-unsaturated/α-hetero) is 1. The zero-order valence-electron chi connectivity index (χ0n) is 9.42. The molecule has 1 heteroatoms. The van der Waals surface area contributed by atoms with Crippen molar-refractivity contribution in [2.75, 3.05) is 0 Å². The van der Waals surface area contributed by atoms with Crippen molar-refractivity contribution in [3.8, 4) is 0 Å². The number of allylic oxidation sites excluding steroid dienone is 2. The normalized spacial score (nSPS) is 36.5. The number of hydrogen-bond donors (Lipinski definition) is 0. The Kier molecular flexibility index (Phi) is 2.98. The van der Waals surface area contributed by atoms with Crippen molar-refractivity contribution >= 4 is 5.78 Å². The van der Waals surface area contributed by atoms with Gasteiger partial charge in [0.05, 0.1) is 0 Å². The zero-order valence-corrected chi connectivity index (χ0v) is 9.42. The number of hydrogen-bond acceptors (Lipinski definition) is 1. The zero-order chi connectivity index (χ0) is 10.9. The van der Waals surface area contributed by atoms with Gasteiger partial charge in [-0.2, -0.15) is 0 Å². The van der Waals surface area contributed by atoms with E-state index in [-0.39, 0.29) is 23.2 Å². The molecule has 0 aromatic carbocycles. The van der Waals surface area contributed by atoms with Crippen molar-refractivity contribution in [2.45, 2.75) is 27.2 Å². The SMILES string of the molecule is C=C[C@H]1CC(=O)[C@H](C)[C@H](C=C)C1(C)C. The molecule has 1 saturated carbocycles. The minimum Gasteiger partial charge on any atom is -0.299 e. The monoisotopic (exact) mass is 192 g/mol. The van der Waals surface area contributed by atoms with Crippen LogP contribution in [0.3, 0.4) is 0 Å². The predicted octanol–water partition coefficient (Wildman–Crippen LogP) is 3.23. The molecule has 1 aliphatic rings. The van der Waals surface area contributed by atoms with Crippen molar-refractivity contribution in [1.29, 1.82) is 0 Å². The van der Waals surface area contributed by atoms with Crippen LogP contribution in [0.2, 0.25) is 0 Å². The van der Waals surface area contributed by atoms with E-state index in [9.17, 15) is 4.79 Å². The van der Waals surface area contributed by atoms with Gasteiger partial charge in [-0.1, -0.05) is 32.9 Å². The van der Waals surface area contributed by atoms with Gasteiger partial charge >= 0.3 is 0 Å². The summed E-state index contributed by atoms with van der Waals surface area (Å²) in [7, 11) is 0. The molecule has 0 spiro atoms. The van der Waals surface area contributed by atoms with Gasteiger partial charge in [-0.05, 0) is 17.3 Å². The largest absolute Gasteiger partial charge is 0.299 e. The van der Waals surface area contributed by atoms with Crippen molar-refractivity contribution in [1.82, 2.24) is 0 Å². The lowest BCUT2D eigenvalue weighted by Crippen LogP contribution is -2.43. The average Bonchev–Trinajstić information content (AvgIpc) is 2.12. The number of rotatable bonds is 2. The summed E-state index contributed by atoms with van der Waals surface area (Å²) in [5.74, 6) is 1.01. The molecule has 0 heterocycles. The Morgan fingerprint density at radius 1 is 1.36 bits per heavy atom. The van der Waals surface area contributed by atoms with E-state index in [0.717, 1.165) is 0 Å². The lowest BCUT2D eigenvalue weighted by atomic mass is 9.58. The molecule has 0 bridgehead atoms. The lowest BCUT2D eigenvalue weighted by molar-refractivity contribution is -0.130. The van der Waals surface area contributed by atoms with E-state index >= 15 is 0 Å². The fourth-order valence-corrected chi connectivity index (χ4v) is 2.65.